The smallest absolute Gasteiger partial charge is 0.259 e. The Morgan fingerprint density at radius 1 is 1.21 bits per heavy atom. The molecule has 1 aliphatic heterocycles. The number of methoxy groups -OCH3 is 1. The first kappa shape index (κ1) is 19.4. The van der Waals surface area contributed by atoms with Crippen LogP contribution in [-0.4, -0.2) is 52.8 Å². The molecule has 1 atom stereocenters. The highest BCUT2D eigenvalue weighted by molar-refractivity contribution is 5.54. The molecular formula is C22H27N5O2. The number of aromatic nitrogens is 3. The van der Waals surface area contributed by atoms with Gasteiger partial charge in [0.25, 0.3) is 5.89 Å². The van der Waals surface area contributed by atoms with E-state index in [9.17, 15) is 0 Å². The summed E-state index contributed by atoms with van der Waals surface area (Å²) in [7, 11) is 1.66. The van der Waals surface area contributed by atoms with Crippen LogP contribution in [0.25, 0.3) is 11.5 Å². The molecule has 1 aromatic carbocycles. The molecule has 1 fully saturated rings. The minimum absolute atomic E-state index is 0.487. The molecule has 0 spiro atoms. The second-order valence-corrected chi connectivity index (χ2v) is 7.28. The third-order valence-electron chi connectivity index (χ3n) is 5.42. The standard InChI is InChI=1S/C22H27N5O2/c1-3-27-12-4-5-18(27)15-24-20-11-8-17(14-23-20)22-25-21(26-29-22)13-16-6-9-19(28-2)10-7-16/h6-11,14,18H,3-5,12-13,15H2,1-2H3,(H,23,24). The molecule has 1 N–H and O–H groups in total. The quantitative estimate of drug-likeness (QED) is 0.626. The third-order valence-corrected chi connectivity index (χ3v) is 5.42. The zero-order chi connectivity index (χ0) is 20.1. The Morgan fingerprint density at radius 2 is 2.07 bits per heavy atom. The number of likely N-dealkylation sites (N-methyl/N-ethyl adjacent to an activating group) is 1. The number of anilines is 1. The van der Waals surface area contributed by atoms with Crippen molar-refractivity contribution in [1.29, 1.82) is 0 Å². The summed E-state index contributed by atoms with van der Waals surface area (Å²) in [5, 5.41) is 7.54. The number of nitrogens with zero attached hydrogens (tertiary/aromatic N) is 4. The van der Waals surface area contributed by atoms with Crippen LogP contribution in [0.1, 0.15) is 31.2 Å². The SMILES string of the molecule is CCN1CCCC1CNc1ccc(-c2nc(Cc3ccc(OC)cc3)no2)cn1. The molecule has 1 unspecified atom stereocenters. The van der Waals surface area contributed by atoms with Crippen LogP contribution in [0.4, 0.5) is 5.82 Å². The summed E-state index contributed by atoms with van der Waals surface area (Å²) < 4.78 is 10.6. The number of likely N-dealkylation sites (tertiary alicyclic amines) is 1. The summed E-state index contributed by atoms with van der Waals surface area (Å²) in [6.45, 7) is 5.45. The van der Waals surface area contributed by atoms with Gasteiger partial charge in [-0.1, -0.05) is 24.2 Å². The van der Waals surface area contributed by atoms with Gasteiger partial charge in [-0.25, -0.2) is 4.98 Å². The minimum Gasteiger partial charge on any atom is -0.497 e. The summed E-state index contributed by atoms with van der Waals surface area (Å²) in [6.07, 6.45) is 4.91. The van der Waals surface area contributed by atoms with E-state index in [4.69, 9.17) is 9.26 Å². The van der Waals surface area contributed by atoms with Crippen molar-refractivity contribution in [1.82, 2.24) is 20.0 Å². The van der Waals surface area contributed by atoms with Crippen LogP contribution < -0.4 is 10.1 Å². The van der Waals surface area contributed by atoms with Gasteiger partial charge < -0.3 is 14.6 Å². The highest BCUT2D eigenvalue weighted by Gasteiger charge is 2.22. The summed E-state index contributed by atoms with van der Waals surface area (Å²) >= 11 is 0. The average Bonchev–Trinajstić information content (AvgIpc) is 3.42. The van der Waals surface area contributed by atoms with Crippen LogP contribution in [0.3, 0.4) is 0 Å². The summed E-state index contributed by atoms with van der Waals surface area (Å²) in [4.78, 5) is 11.5. The Bertz CT molecular complexity index is 908. The van der Waals surface area contributed by atoms with Crippen molar-refractivity contribution in [2.24, 2.45) is 0 Å². The molecular weight excluding hydrogens is 366 g/mol. The molecule has 1 aliphatic rings. The Morgan fingerprint density at radius 3 is 2.79 bits per heavy atom. The first-order chi connectivity index (χ1) is 14.2. The molecule has 3 heterocycles. The van der Waals surface area contributed by atoms with E-state index < -0.39 is 0 Å². The average molecular weight is 393 g/mol. The van der Waals surface area contributed by atoms with Crippen molar-refractivity contribution in [2.45, 2.75) is 32.2 Å². The van der Waals surface area contributed by atoms with Gasteiger partial charge in [-0.2, -0.15) is 4.98 Å². The molecule has 0 aliphatic carbocycles. The molecule has 4 rings (SSSR count). The summed E-state index contributed by atoms with van der Waals surface area (Å²) in [5.74, 6) is 2.83. The van der Waals surface area contributed by atoms with Crippen molar-refractivity contribution >= 4 is 5.82 Å². The molecule has 0 amide bonds. The van der Waals surface area contributed by atoms with Gasteiger partial charge in [-0.05, 0) is 55.8 Å². The van der Waals surface area contributed by atoms with E-state index >= 15 is 0 Å². The second-order valence-electron chi connectivity index (χ2n) is 7.28. The van der Waals surface area contributed by atoms with Gasteiger partial charge in [-0.15, -0.1) is 0 Å². The van der Waals surface area contributed by atoms with Crippen LogP contribution in [0.5, 0.6) is 5.75 Å². The summed E-state index contributed by atoms with van der Waals surface area (Å²) in [5.41, 5.74) is 1.92. The van der Waals surface area contributed by atoms with Crippen molar-refractivity contribution < 1.29 is 9.26 Å². The number of ether oxygens (including phenoxy) is 1. The van der Waals surface area contributed by atoms with Gasteiger partial charge in [0.05, 0.1) is 12.7 Å². The van der Waals surface area contributed by atoms with Crippen molar-refractivity contribution in [3.05, 3.63) is 54.0 Å². The molecule has 0 bridgehead atoms. The topological polar surface area (TPSA) is 76.3 Å². The van der Waals surface area contributed by atoms with Gasteiger partial charge in [0.2, 0.25) is 0 Å². The fourth-order valence-electron chi connectivity index (χ4n) is 3.76. The lowest BCUT2D eigenvalue weighted by atomic mass is 10.1. The van der Waals surface area contributed by atoms with E-state index in [-0.39, 0.29) is 0 Å². The van der Waals surface area contributed by atoms with Crippen LogP contribution in [0.2, 0.25) is 0 Å². The van der Waals surface area contributed by atoms with Gasteiger partial charge in [0.1, 0.15) is 11.6 Å². The lowest BCUT2D eigenvalue weighted by molar-refractivity contribution is 0.277. The van der Waals surface area contributed by atoms with E-state index in [1.54, 1.807) is 13.3 Å². The highest BCUT2D eigenvalue weighted by Crippen LogP contribution is 2.21. The third kappa shape index (κ3) is 4.74. The number of hydrogen-bond acceptors (Lipinski definition) is 7. The molecule has 29 heavy (non-hydrogen) atoms. The fourth-order valence-corrected chi connectivity index (χ4v) is 3.76. The maximum Gasteiger partial charge on any atom is 0.259 e. The van der Waals surface area contributed by atoms with E-state index in [2.05, 4.69) is 32.3 Å². The monoisotopic (exact) mass is 393 g/mol. The van der Waals surface area contributed by atoms with Gasteiger partial charge in [0, 0.05) is 25.2 Å². The van der Waals surface area contributed by atoms with Crippen LogP contribution >= 0.6 is 0 Å². The largest absolute Gasteiger partial charge is 0.497 e. The number of rotatable bonds is 8. The van der Waals surface area contributed by atoms with Crippen LogP contribution in [-0.2, 0) is 6.42 Å². The first-order valence-electron chi connectivity index (χ1n) is 10.1. The molecule has 2 aromatic heterocycles. The lowest BCUT2D eigenvalue weighted by Crippen LogP contribution is -2.34. The first-order valence-corrected chi connectivity index (χ1v) is 10.1. The molecule has 0 radical (unpaired) electrons. The fraction of sp³-hybridized carbons (Fsp3) is 0.409. The van der Waals surface area contributed by atoms with Crippen molar-refractivity contribution in [2.75, 3.05) is 32.1 Å². The predicted molar refractivity (Wildman–Crippen MR) is 112 cm³/mol. The predicted octanol–water partition coefficient (Wildman–Crippen LogP) is 3.63. The highest BCUT2D eigenvalue weighted by atomic mass is 16.5. The lowest BCUT2D eigenvalue weighted by Gasteiger charge is -2.23. The number of nitrogens with one attached hydrogen (secondary N) is 1. The van der Waals surface area contributed by atoms with Crippen molar-refractivity contribution in [3.8, 4) is 17.2 Å². The van der Waals surface area contributed by atoms with Gasteiger partial charge >= 0.3 is 0 Å². The van der Waals surface area contributed by atoms with E-state index in [1.807, 2.05) is 36.4 Å². The van der Waals surface area contributed by atoms with E-state index in [0.29, 0.717) is 24.2 Å². The van der Waals surface area contributed by atoms with E-state index in [1.165, 1.54) is 19.4 Å². The maximum absolute atomic E-state index is 5.42. The Hall–Kier alpha value is -2.93. The molecule has 0 saturated carbocycles. The van der Waals surface area contributed by atoms with Crippen LogP contribution in [0, 0.1) is 0 Å². The second kappa shape index (κ2) is 9.05. The molecule has 7 nitrogen and oxygen atoms in total. The normalized spacial score (nSPS) is 16.8. The van der Waals surface area contributed by atoms with Crippen LogP contribution in [0.15, 0.2) is 47.1 Å². The Kier molecular flexibility index (Phi) is 6.05. The molecule has 152 valence electrons. The summed E-state index contributed by atoms with van der Waals surface area (Å²) in [6, 6.07) is 12.4. The zero-order valence-electron chi connectivity index (χ0n) is 17.0. The molecule has 3 aromatic rings. The minimum atomic E-state index is 0.487. The Balaban J connectivity index is 1.35. The zero-order valence-corrected chi connectivity index (χ0v) is 17.0. The molecule has 7 heteroatoms. The molecule has 1 saturated heterocycles. The number of pyridine rings is 1. The number of benzene rings is 1. The van der Waals surface area contributed by atoms with Gasteiger partial charge in [-0.3, -0.25) is 4.90 Å². The van der Waals surface area contributed by atoms with Crippen molar-refractivity contribution in [3.63, 3.8) is 0 Å². The van der Waals surface area contributed by atoms with Gasteiger partial charge in [0.15, 0.2) is 5.82 Å². The maximum atomic E-state index is 5.42. The van der Waals surface area contributed by atoms with E-state index in [0.717, 1.165) is 35.8 Å². The Labute approximate surface area is 171 Å². The number of hydrogen-bond donors (Lipinski definition) is 1.